The van der Waals surface area contributed by atoms with Crippen molar-refractivity contribution < 1.29 is 67.9 Å². The van der Waals surface area contributed by atoms with Gasteiger partial charge in [0.25, 0.3) is 15.3 Å². The summed E-state index contributed by atoms with van der Waals surface area (Å²) in [5, 5.41) is 40.2. The van der Waals surface area contributed by atoms with E-state index in [-0.39, 0.29) is 50.7 Å². The van der Waals surface area contributed by atoms with Gasteiger partial charge in [-0.25, -0.2) is 4.39 Å². The van der Waals surface area contributed by atoms with Crippen molar-refractivity contribution in [2.24, 2.45) is 28.6 Å². The van der Waals surface area contributed by atoms with Crippen molar-refractivity contribution in [3.63, 3.8) is 0 Å². The Morgan fingerprint density at radius 1 is 1.02 bits per heavy atom. The van der Waals surface area contributed by atoms with Gasteiger partial charge in [0.1, 0.15) is 12.7 Å². The van der Waals surface area contributed by atoms with Crippen LogP contribution >= 0.6 is 0 Å². The Balaban J connectivity index is 1.57. The first kappa shape index (κ1) is 40.0. The lowest BCUT2D eigenvalue weighted by Gasteiger charge is -2.62. The third-order valence-corrected chi connectivity index (χ3v) is 11.4. The number of nitrogens with zero attached hydrogens (tertiary/aromatic N) is 3. The molecule has 0 heterocycles. The Kier molecular flexibility index (Phi) is 11.9. The summed E-state index contributed by atoms with van der Waals surface area (Å²) in [5.74, 6) is -5.22. The van der Waals surface area contributed by atoms with Crippen LogP contribution in [-0.2, 0) is 43.2 Å². The van der Waals surface area contributed by atoms with Crippen molar-refractivity contribution in [1.29, 1.82) is 0 Å². The van der Waals surface area contributed by atoms with E-state index in [1.807, 2.05) is 0 Å². The second-order valence-corrected chi connectivity index (χ2v) is 14.2. The molecule has 52 heavy (non-hydrogen) atoms. The fraction of sp³-hybridized carbons (Fsp3) is 0.750. The highest BCUT2D eigenvalue weighted by Gasteiger charge is 2.77. The van der Waals surface area contributed by atoms with Gasteiger partial charge in [0.2, 0.25) is 5.78 Å². The van der Waals surface area contributed by atoms with Gasteiger partial charge < -0.3 is 29.1 Å². The minimum atomic E-state index is -2.25. The zero-order valence-electron chi connectivity index (χ0n) is 28.9. The molecule has 19 nitrogen and oxygen atoms in total. The predicted octanol–water partition coefficient (Wildman–Crippen LogP) is 2.94. The number of carbonyl (C=O) groups is 4. The van der Waals surface area contributed by atoms with E-state index in [1.54, 1.807) is 26.8 Å². The molecule has 3 unspecified atom stereocenters. The van der Waals surface area contributed by atoms with Crippen LogP contribution in [0.1, 0.15) is 78.6 Å². The first-order valence-electron chi connectivity index (χ1n) is 16.9. The Bertz CT molecular complexity index is 1540. The number of esters is 2. The van der Waals surface area contributed by atoms with Gasteiger partial charge in [-0.1, -0.05) is 31.6 Å². The second-order valence-electron chi connectivity index (χ2n) is 14.2. The lowest BCUT2D eigenvalue weighted by atomic mass is 9.45. The maximum Gasteiger partial charge on any atom is 0.306 e. The molecule has 0 bridgehead atoms. The molecule has 0 amide bonds. The summed E-state index contributed by atoms with van der Waals surface area (Å²) in [6.07, 6.45) is 0.202. The van der Waals surface area contributed by atoms with Crippen LogP contribution in [0.4, 0.5) is 4.39 Å². The summed E-state index contributed by atoms with van der Waals surface area (Å²) in [6, 6.07) is 0. The number of Topliss-reactive ketones (excluding diaryl/α,β-unsaturated/α-hetero) is 1. The smallest absolute Gasteiger partial charge is 0.306 e. The van der Waals surface area contributed by atoms with Crippen LogP contribution in [0.3, 0.4) is 0 Å². The molecule has 9 atom stereocenters. The van der Waals surface area contributed by atoms with Gasteiger partial charge in [-0.15, -0.1) is 30.3 Å². The maximum atomic E-state index is 17.7. The van der Waals surface area contributed by atoms with Crippen molar-refractivity contribution in [2.45, 2.75) is 102 Å². The number of alkyl halides is 1. The maximum absolute atomic E-state index is 17.7. The van der Waals surface area contributed by atoms with E-state index in [1.165, 1.54) is 12.2 Å². The lowest BCUT2D eigenvalue weighted by Crippen LogP contribution is -2.69. The van der Waals surface area contributed by atoms with Crippen molar-refractivity contribution in [3.05, 3.63) is 54.1 Å². The number of allylic oxidation sites excluding steroid dienone is 4. The summed E-state index contributed by atoms with van der Waals surface area (Å²) in [5.41, 5.74) is -6.48. The monoisotopic (exact) mass is 743 g/mol. The molecular formula is C32H42FN3O16. The Morgan fingerprint density at radius 2 is 1.69 bits per heavy atom. The number of aliphatic hydroxyl groups excluding tert-OH is 1. The number of hydrogen-bond acceptors (Lipinski definition) is 16. The molecule has 0 saturated heterocycles. The van der Waals surface area contributed by atoms with Crippen LogP contribution in [-0.4, -0.2) is 87.2 Å². The van der Waals surface area contributed by atoms with E-state index >= 15 is 4.39 Å². The van der Waals surface area contributed by atoms with Gasteiger partial charge in [0, 0.05) is 41.9 Å². The summed E-state index contributed by atoms with van der Waals surface area (Å²) in [4.78, 5) is 97.1. The lowest BCUT2D eigenvalue weighted by molar-refractivity contribution is -0.790. The number of ketones is 2. The average Bonchev–Trinajstić information content (AvgIpc) is 3.27. The molecule has 2 fully saturated rings. The molecule has 0 aromatic rings. The van der Waals surface area contributed by atoms with E-state index in [4.69, 9.17) is 9.47 Å². The summed E-state index contributed by atoms with van der Waals surface area (Å²) >= 11 is 0. The fourth-order valence-electron chi connectivity index (χ4n) is 9.12. The van der Waals surface area contributed by atoms with E-state index in [9.17, 15) is 54.6 Å². The zero-order chi connectivity index (χ0) is 38.6. The summed E-state index contributed by atoms with van der Waals surface area (Å²) in [6.45, 7) is 2.77. The Labute approximate surface area is 296 Å². The topological polar surface area (TPSA) is 264 Å². The number of ether oxygens (including phenoxy) is 2. The van der Waals surface area contributed by atoms with Gasteiger partial charge in [0.15, 0.2) is 23.7 Å². The van der Waals surface area contributed by atoms with Gasteiger partial charge in [-0.05, 0) is 57.4 Å². The van der Waals surface area contributed by atoms with Crippen LogP contribution in [0, 0.1) is 58.9 Å². The fourth-order valence-corrected chi connectivity index (χ4v) is 9.12. The number of rotatable bonds is 18. The van der Waals surface area contributed by atoms with Gasteiger partial charge in [0.05, 0.1) is 12.7 Å². The van der Waals surface area contributed by atoms with Gasteiger partial charge >= 0.3 is 11.9 Å². The van der Waals surface area contributed by atoms with Crippen LogP contribution in [0.5, 0.6) is 0 Å². The van der Waals surface area contributed by atoms with Crippen LogP contribution in [0.2, 0.25) is 0 Å². The van der Waals surface area contributed by atoms with Gasteiger partial charge in [-0.3, -0.25) is 19.2 Å². The summed E-state index contributed by atoms with van der Waals surface area (Å²) in [7, 11) is 0. The normalized spacial score (nSPS) is 33.6. The highest BCUT2D eigenvalue weighted by atomic mass is 19.1. The molecule has 4 aliphatic rings. The van der Waals surface area contributed by atoms with E-state index in [2.05, 4.69) is 14.5 Å². The first-order chi connectivity index (χ1) is 24.3. The third-order valence-electron chi connectivity index (χ3n) is 11.4. The second kappa shape index (κ2) is 15.5. The van der Waals surface area contributed by atoms with Crippen molar-refractivity contribution in [1.82, 2.24) is 0 Å². The minimum absolute atomic E-state index is 0.00190. The van der Waals surface area contributed by atoms with Crippen molar-refractivity contribution in [2.75, 3.05) is 19.8 Å². The van der Waals surface area contributed by atoms with E-state index in [0.29, 0.717) is 5.57 Å². The number of hydrogen-bond donors (Lipinski definition) is 1. The number of aliphatic hydroxyl groups is 1. The van der Waals surface area contributed by atoms with Crippen LogP contribution in [0.15, 0.2) is 23.8 Å². The standard InChI is InChI=1S/C32H42FN3O16/c1-19-14-24-23-10-9-20-15-21(37)11-12-29(20,2)31(23,33)25(38)16-30(24,3)32(19,51-28(41)8-5-13-49-34(42)43)26(39)18-48-27(40)7-4-6-22(52-36(46)47)17-50-35(44)45/h9,11-12,19,22-25,38H,4-8,10,13-18H2,1-3H3/t19-,22?,23?,24?,25+,29+,30+,31+,32+/m1/s1. The molecular weight excluding hydrogens is 701 g/mol. The molecule has 0 aromatic carbocycles. The van der Waals surface area contributed by atoms with Crippen LogP contribution in [0.25, 0.3) is 0 Å². The highest BCUT2D eigenvalue weighted by Crippen LogP contribution is 2.71. The molecule has 20 heteroatoms. The van der Waals surface area contributed by atoms with E-state index < -0.39 is 118 Å². The van der Waals surface area contributed by atoms with E-state index in [0.717, 1.165) is 0 Å². The zero-order valence-corrected chi connectivity index (χ0v) is 28.9. The predicted molar refractivity (Wildman–Crippen MR) is 169 cm³/mol. The first-order valence-corrected chi connectivity index (χ1v) is 16.9. The molecule has 2 saturated carbocycles. The third kappa shape index (κ3) is 7.42. The van der Waals surface area contributed by atoms with Crippen molar-refractivity contribution >= 4 is 23.5 Å². The largest absolute Gasteiger partial charge is 0.457 e. The van der Waals surface area contributed by atoms with Crippen LogP contribution < -0.4 is 0 Å². The number of carbonyl (C=O) groups excluding carboxylic acids is 4. The molecule has 1 N–H and O–H groups in total. The van der Waals surface area contributed by atoms with Crippen molar-refractivity contribution in [3.8, 4) is 0 Å². The Morgan fingerprint density at radius 3 is 2.35 bits per heavy atom. The number of fused-ring (bicyclic) bond motifs is 5. The molecule has 4 rings (SSSR count). The SMILES string of the molecule is C[C@@H]1CC2C3CC=C4CC(=O)C=C[C@]4(C)[C@@]3(F)[C@@H](O)C[C@]2(C)[C@@]1(OC(=O)CCCO[N+](=O)[O-])C(=O)COC(=O)CCCC(CO[N+](=O)[O-])O[N+](=O)[O-]. The Hall–Kier alpha value is -4.75. The molecule has 0 radical (unpaired) electrons. The summed E-state index contributed by atoms with van der Waals surface area (Å²) < 4.78 is 29.0. The molecule has 288 valence electrons. The quantitative estimate of drug-likeness (QED) is 0.0695. The molecule has 0 aliphatic heterocycles. The number of halogens is 1. The molecule has 0 spiro atoms. The average molecular weight is 744 g/mol. The molecule has 4 aliphatic carbocycles. The molecule has 0 aromatic heterocycles. The minimum Gasteiger partial charge on any atom is -0.457 e. The highest BCUT2D eigenvalue weighted by molar-refractivity contribution is 5.94. The van der Waals surface area contributed by atoms with Gasteiger partial charge in [-0.2, -0.15) is 0 Å².